The lowest BCUT2D eigenvalue weighted by Gasteiger charge is -2.52. The molecular formula is C19H22N6OS. The molecule has 0 saturated carbocycles. The molecule has 27 heavy (non-hydrogen) atoms. The summed E-state index contributed by atoms with van der Waals surface area (Å²) in [6.45, 7) is 4.36. The second-order valence-electron chi connectivity index (χ2n) is 7.63. The van der Waals surface area contributed by atoms with E-state index >= 15 is 0 Å². The van der Waals surface area contributed by atoms with Crippen molar-refractivity contribution in [2.24, 2.45) is 12.5 Å². The first kappa shape index (κ1) is 16.7. The molecule has 2 aliphatic rings. The minimum Gasteiger partial charge on any atom is -0.507 e. The lowest BCUT2D eigenvalue weighted by atomic mass is 9.73. The SMILES string of the molecule is Cn1cc(-c2ccc(-c3nnc(N4CC5(CCNCC5)C4)s3)c(O)c2)cn1. The normalized spacial score (nSPS) is 18.6. The molecule has 3 aromatic rings. The van der Waals surface area contributed by atoms with Crippen LogP contribution in [-0.2, 0) is 7.05 Å². The quantitative estimate of drug-likeness (QED) is 0.725. The van der Waals surface area contributed by atoms with Crippen molar-refractivity contribution < 1.29 is 5.11 Å². The number of aromatic nitrogens is 4. The van der Waals surface area contributed by atoms with E-state index in [2.05, 4.69) is 25.5 Å². The molecule has 0 amide bonds. The molecule has 7 nitrogen and oxygen atoms in total. The molecule has 1 spiro atoms. The van der Waals surface area contributed by atoms with Gasteiger partial charge in [-0.3, -0.25) is 4.68 Å². The van der Waals surface area contributed by atoms with Crippen molar-refractivity contribution in [1.82, 2.24) is 25.3 Å². The van der Waals surface area contributed by atoms with Gasteiger partial charge in [0.25, 0.3) is 0 Å². The molecule has 0 aliphatic carbocycles. The van der Waals surface area contributed by atoms with Crippen molar-refractivity contribution in [2.75, 3.05) is 31.1 Å². The average molecular weight is 382 g/mol. The Morgan fingerprint density at radius 3 is 2.67 bits per heavy atom. The number of nitrogens with one attached hydrogen (secondary N) is 1. The van der Waals surface area contributed by atoms with E-state index in [9.17, 15) is 5.11 Å². The first-order valence-corrected chi connectivity index (χ1v) is 10.1. The predicted octanol–water partition coefficient (Wildman–Crippen LogP) is 2.50. The highest BCUT2D eigenvalue weighted by atomic mass is 32.1. The lowest BCUT2D eigenvalue weighted by molar-refractivity contribution is 0.149. The Bertz CT molecular complexity index is 966. The second-order valence-corrected chi connectivity index (χ2v) is 8.59. The number of phenols is 1. The first-order chi connectivity index (χ1) is 13.1. The van der Waals surface area contributed by atoms with Crippen molar-refractivity contribution in [1.29, 1.82) is 0 Å². The number of nitrogens with zero attached hydrogens (tertiary/aromatic N) is 5. The maximum absolute atomic E-state index is 10.5. The summed E-state index contributed by atoms with van der Waals surface area (Å²) in [6, 6.07) is 5.66. The molecule has 2 N–H and O–H groups in total. The van der Waals surface area contributed by atoms with E-state index in [1.807, 2.05) is 25.4 Å². The summed E-state index contributed by atoms with van der Waals surface area (Å²) in [5.41, 5.74) is 3.10. The van der Waals surface area contributed by atoms with E-state index in [1.54, 1.807) is 28.3 Å². The number of aryl methyl sites for hydroxylation is 1. The number of hydrogen-bond donors (Lipinski definition) is 2. The fourth-order valence-corrected chi connectivity index (χ4v) is 4.96. The van der Waals surface area contributed by atoms with Crippen LogP contribution in [0.5, 0.6) is 5.75 Å². The molecule has 2 aromatic heterocycles. The molecule has 4 heterocycles. The molecule has 0 radical (unpaired) electrons. The fraction of sp³-hybridized carbons (Fsp3) is 0.421. The summed E-state index contributed by atoms with van der Waals surface area (Å²) in [4.78, 5) is 2.31. The van der Waals surface area contributed by atoms with Crippen LogP contribution in [0, 0.1) is 5.41 Å². The highest BCUT2D eigenvalue weighted by molar-refractivity contribution is 7.18. The van der Waals surface area contributed by atoms with Gasteiger partial charge in [0.05, 0.1) is 11.8 Å². The van der Waals surface area contributed by atoms with Gasteiger partial charge in [0.2, 0.25) is 5.13 Å². The number of benzene rings is 1. The Morgan fingerprint density at radius 1 is 1.15 bits per heavy atom. The minimum absolute atomic E-state index is 0.220. The van der Waals surface area contributed by atoms with E-state index < -0.39 is 0 Å². The molecule has 5 rings (SSSR count). The third-order valence-corrected chi connectivity index (χ3v) is 6.69. The van der Waals surface area contributed by atoms with E-state index in [0.29, 0.717) is 5.41 Å². The Hall–Kier alpha value is -2.45. The summed E-state index contributed by atoms with van der Waals surface area (Å²) >= 11 is 1.55. The number of aromatic hydroxyl groups is 1. The number of hydrogen-bond acceptors (Lipinski definition) is 7. The van der Waals surface area contributed by atoms with Crippen LogP contribution in [0.3, 0.4) is 0 Å². The van der Waals surface area contributed by atoms with Gasteiger partial charge in [0.15, 0.2) is 5.01 Å². The van der Waals surface area contributed by atoms with Crippen LogP contribution in [0.4, 0.5) is 5.13 Å². The van der Waals surface area contributed by atoms with Crippen LogP contribution in [0.1, 0.15) is 12.8 Å². The van der Waals surface area contributed by atoms with Crippen LogP contribution < -0.4 is 10.2 Å². The zero-order valence-electron chi connectivity index (χ0n) is 15.2. The van der Waals surface area contributed by atoms with Crippen molar-refractivity contribution in [2.45, 2.75) is 12.8 Å². The Morgan fingerprint density at radius 2 is 1.96 bits per heavy atom. The van der Waals surface area contributed by atoms with Crippen molar-refractivity contribution in [3.8, 4) is 27.4 Å². The molecule has 2 saturated heterocycles. The van der Waals surface area contributed by atoms with Gasteiger partial charge in [-0.2, -0.15) is 5.10 Å². The summed E-state index contributed by atoms with van der Waals surface area (Å²) < 4.78 is 1.75. The van der Waals surface area contributed by atoms with Crippen LogP contribution in [0.25, 0.3) is 21.7 Å². The molecule has 8 heteroatoms. The van der Waals surface area contributed by atoms with Gasteiger partial charge < -0.3 is 15.3 Å². The smallest absolute Gasteiger partial charge is 0.208 e. The molecule has 0 unspecified atom stereocenters. The number of rotatable bonds is 3. The van der Waals surface area contributed by atoms with E-state index in [-0.39, 0.29) is 5.75 Å². The minimum atomic E-state index is 0.220. The van der Waals surface area contributed by atoms with E-state index in [4.69, 9.17) is 0 Å². The zero-order chi connectivity index (χ0) is 18.4. The number of piperidine rings is 1. The van der Waals surface area contributed by atoms with Gasteiger partial charge in [-0.15, -0.1) is 10.2 Å². The largest absolute Gasteiger partial charge is 0.507 e. The Kier molecular flexibility index (Phi) is 3.91. The highest BCUT2D eigenvalue weighted by Gasteiger charge is 2.44. The van der Waals surface area contributed by atoms with Gasteiger partial charge in [-0.25, -0.2) is 0 Å². The lowest BCUT2D eigenvalue weighted by Crippen LogP contribution is -2.60. The van der Waals surface area contributed by atoms with Crippen molar-refractivity contribution in [3.63, 3.8) is 0 Å². The van der Waals surface area contributed by atoms with Crippen LogP contribution >= 0.6 is 11.3 Å². The molecule has 2 aliphatic heterocycles. The van der Waals surface area contributed by atoms with Crippen LogP contribution in [0.2, 0.25) is 0 Å². The molecule has 0 atom stereocenters. The predicted molar refractivity (Wildman–Crippen MR) is 106 cm³/mol. The van der Waals surface area contributed by atoms with E-state index in [0.717, 1.165) is 53.0 Å². The maximum Gasteiger partial charge on any atom is 0.208 e. The van der Waals surface area contributed by atoms with Crippen molar-refractivity contribution >= 4 is 16.5 Å². The van der Waals surface area contributed by atoms with Gasteiger partial charge >= 0.3 is 0 Å². The maximum atomic E-state index is 10.5. The number of phenolic OH excluding ortho intramolecular Hbond substituents is 1. The second kappa shape index (κ2) is 6.31. The Labute approximate surface area is 161 Å². The highest BCUT2D eigenvalue weighted by Crippen LogP contribution is 2.43. The van der Waals surface area contributed by atoms with Crippen molar-refractivity contribution in [3.05, 3.63) is 30.6 Å². The zero-order valence-corrected chi connectivity index (χ0v) is 16.0. The summed E-state index contributed by atoms with van der Waals surface area (Å²) in [5.74, 6) is 0.220. The third kappa shape index (κ3) is 2.98. The van der Waals surface area contributed by atoms with Crippen LogP contribution in [0.15, 0.2) is 30.6 Å². The molecule has 2 fully saturated rings. The standard InChI is InChI=1S/C19H22N6OS/c1-24-10-14(9-21-24)13-2-3-15(16(26)8-13)17-22-23-18(27-17)25-11-19(12-25)4-6-20-7-5-19/h2-3,8-10,20,26H,4-7,11-12H2,1H3. The van der Waals surface area contributed by atoms with Gasteiger partial charge in [-0.1, -0.05) is 17.4 Å². The summed E-state index contributed by atoms with van der Waals surface area (Å²) in [7, 11) is 1.88. The van der Waals surface area contributed by atoms with Crippen LogP contribution in [-0.4, -0.2) is 51.3 Å². The Balaban J connectivity index is 1.34. The van der Waals surface area contributed by atoms with Gasteiger partial charge in [0, 0.05) is 37.3 Å². The number of anilines is 1. The molecule has 1 aromatic carbocycles. The van der Waals surface area contributed by atoms with Gasteiger partial charge in [0.1, 0.15) is 5.75 Å². The monoisotopic (exact) mass is 382 g/mol. The summed E-state index contributed by atoms with van der Waals surface area (Å²) in [5, 5.41) is 28.5. The topological polar surface area (TPSA) is 79.1 Å². The molecular weight excluding hydrogens is 360 g/mol. The summed E-state index contributed by atoms with van der Waals surface area (Å²) in [6.07, 6.45) is 6.20. The fourth-order valence-electron chi connectivity index (χ4n) is 4.09. The first-order valence-electron chi connectivity index (χ1n) is 9.24. The molecule has 0 bridgehead atoms. The third-order valence-electron chi connectivity index (χ3n) is 5.67. The average Bonchev–Trinajstić information content (AvgIpc) is 3.29. The van der Waals surface area contributed by atoms with E-state index in [1.165, 1.54) is 12.8 Å². The van der Waals surface area contributed by atoms with Gasteiger partial charge in [-0.05, 0) is 43.6 Å². The molecule has 140 valence electrons.